The van der Waals surface area contributed by atoms with Crippen molar-refractivity contribution in [1.82, 2.24) is 20.8 Å². The van der Waals surface area contributed by atoms with Gasteiger partial charge in [-0.25, -0.2) is 0 Å². The van der Waals surface area contributed by atoms with E-state index in [1.807, 2.05) is 30.3 Å². The number of aromatic nitrogens is 2. The van der Waals surface area contributed by atoms with E-state index in [4.69, 9.17) is 0 Å². The SMILES string of the molecule is CC1CCNCC1NC(=O)c1cc(-c2ccccc2)n[nH]1. The zero-order chi connectivity index (χ0) is 14.7. The summed E-state index contributed by atoms with van der Waals surface area (Å²) in [6, 6.07) is 11.8. The molecule has 1 aliphatic heterocycles. The molecule has 1 aromatic carbocycles. The molecule has 2 aromatic rings. The Hall–Kier alpha value is -2.14. The molecule has 0 radical (unpaired) electrons. The fraction of sp³-hybridized carbons (Fsp3) is 0.375. The molecule has 1 fully saturated rings. The Morgan fingerprint density at radius 1 is 1.33 bits per heavy atom. The van der Waals surface area contributed by atoms with Gasteiger partial charge in [-0.2, -0.15) is 5.10 Å². The summed E-state index contributed by atoms with van der Waals surface area (Å²) in [4.78, 5) is 12.3. The summed E-state index contributed by atoms with van der Waals surface area (Å²) < 4.78 is 0. The van der Waals surface area contributed by atoms with Gasteiger partial charge in [0, 0.05) is 18.2 Å². The van der Waals surface area contributed by atoms with Gasteiger partial charge in [0.25, 0.3) is 5.91 Å². The van der Waals surface area contributed by atoms with Gasteiger partial charge in [0.05, 0.1) is 5.69 Å². The van der Waals surface area contributed by atoms with E-state index in [9.17, 15) is 4.79 Å². The van der Waals surface area contributed by atoms with Crippen LogP contribution in [0.5, 0.6) is 0 Å². The highest BCUT2D eigenvalue weighted by atomic mass is 16.2. The predicted molar refractivity (Wildman–Crippen MR) is 81.9 cm³/mol. The van der Waals surface area contributed by atoms with Crippen molar-refractivity contribution >= 4 is 5.91 Å². The molecule has 21 heavy (non-hydrogen) atoms. The molecule has 2 unspecified atom stereocenters. The van der Waals surface area contributed by atoms with Gasteiger partial charge in [0.15, 0.2) is 0 Å². The third-order valence-electron chi connectivity index (χ3n) is 4.04. The van der Waals surface area contributed by atoms with Crippen LogP contribution in [0.1, 0.15) is 23.8 Å². The van der Waals surface area contributed by atoms with Crippen molar-refractivity contribution < 1.29 is 4.79 Å². The second-order valence-corrected chi connectivity index (χ2v) is 5.58. The van der Waals surface area contributed by atoms with Crippen molar-refractivity contribution in [1.29, 1.82) is 0 Å². The highest BCUT2D eigenvalue weighted by Gasteiger charge is 2.23. The molecule has 0 aliphatic carbocycles. The number of hydrogen-bond acceptors (Lipinski definition) is 3. The van der Waals surface area contributed by atoms with Crippen molar-refractivity contribution in [3.05, 3.63) is 42.1 Å². The van der Waals surface area contributed by atoms with Crippen LogP contribution in [0.3, 0.4) is 0 Å². The minimum absolute atomic E-state index is 0.0924. The number of carbonyl (C=O) groups is 1. The molecule has 1 saturated heterocycles. The first kappa shape index (κ1) is 13.8. The number of rotatable bonds is 3. The Bertz CT molecular complexity index is 608. The topological polar surface area (TPSA) is 69.8 Å². The molecule has 3 N–H and O–H groups in total. The average Bonchev–Trinajstić information content (AvgIpc) is 3.00. The quantitative estimate of drug-likeness (QED) is 0.805. The van der Waals surface area contributed by atoms with Gasteiger partial charge in [0.2, 0.25) is 0 Å². The summed E-state index contributed by atoms with van der Waals surface area (Å²) in [7, 11) is 0. The second-order valence-electron chi connectivity index (χ2n) is 5.58. The normalized spacial score (nSPS) is 22.0. The lowest BCUT2D eigenvalue weighted by molar-refractivity contribution is 0.0910. The molecule has 0 bridgehead atoms. The highest BCUT2D eigenvalue weighted by Crippen LogP contribution is 2.17. The Kier molecular flexibility index (Phi) is 4.01. The lowest BCUT2D eigenvalue weighted by Crippen LogP contribution is -2.50. The molecular weight excluding hydrogens is 264 g/mol. The van der Waals surface area contributed by atoms with Gasteiger partial charge in [-0.15, -0.1) is 0 Å². The molecular formula is C16H20N4O. The molecule has 1 amide bonds. The summed E-state index contributed by atoms with van der Waals surface area (Å²) in [6.45, 7) is 4.02. The molecule has 5 nitrogen and oxygen atoms in total. The fourth-order valence-corrected chi connectivity index (χ4v) is 2.62. The number of nitrogens with zero attached hydrogens (tertiary/aromatic N) is 1. The Morgan fingerprint density at radius 2 is 2.14 bits per heavy atom. The van der Waals surface area contributed by atoms with E-state index in [1.165, 1.54) is 0 Å². The third-order valence-corrected chi connectivity index (χ3v) is 4.04. The third kappa shape index (κ3) is 3.13. The number of H-pyrrole nitrogens is 1. The van der Waals surface area contributed by atoms with Gasteiger partial charge in [0.1, 0.15) is 5.69 Å². The summed E-state index contributed by atoms with van der Waals surface area (Å²) in [5, 5.41) is 13.4. The van der Waals surface area contributed by atoms with Gasteiger partial charge in [-0.1, -0.05) is 37.3 Å². The largest absolute Gasteiger partial charge is 0.346 e. The number of hydrogen-bond donors (Lipinski definition) is 3. The maximum atomic E-state index is 12.3. The minimum atomic E-state index is -0.0924. The number of nitrogens with one attached hydrogen (secondary N) is 3. The standard InChI is InChI=1S/C16H20N4O/c1-11-7-8-17-10-15(11)18-16(21)14-9-13(19-20-14)12-5-3-2-4-6-12/h2-6,9,11,15,17H,7-8,10H2,1H3,(H,18,21)(H,19,20). The van der Waals surface area contributed by atoms with E-state index in [2.05, 4.69) is 27.8 Å². The lowest BCUT2D eigenvalue weighted by atomic mass is 9.95. The number of amides is 1. The van der Waals surface area contributed by atoms with Gasteiger partial charge >= 0.3 is 0 Å². The minimum Gasteiger partial charge on any atom is -0.346 e. The monoisotopic (exact) mass is 284 g/mol. The molecule has 0 saturated carbocycles. The summed E-state index contributed by atoms with van der Waals surface area (Å²) in [5.41, 5.74) is 2.29. The molecule has 110 valence electrons. The van der Waals surface area contributed by atoms with Gasteiger partial charge < -0.3 is 10.6 Å². The maximum Gasteiger partial charge on any atom is 0.269 e. The number of aromatic amines is 1. The van der Waals surface area contributed by atoms with E-state index >= 15 is 0 Å². The first-order valence-electron chi connectivity index (χ1n) is 7.36. The van der Waals surface area contributed by atoms with Crippen molar-refractivity contribution in [2.45, 2.75) is 19.4 Å². The van der Waals surface area contributed by atoms with Crippen LogP contribution in [0.4, 0.5) is 0 Å². The van der Waals surface area contributed by atoms with E-state index in [1.54, 1.807) is 6.07 Å². The van der Waals surface area contributed by atoms with E-state index in [-0.39, 0.29) is 11.9 Å². The first-order chi connectivity index (χ1) is 10.2. The Morgan fingerprint density at radius 3 is 2.90 bits per heavy atom. The number of carbonyl (C=O) groups excluding carboxylic acids is 1. The zero-order valence-corrected chi connectivity index (χ0v) is 12.1. The molecule has 2 heterocycles. The van der Waals surface area contributed by atoms with Gasteiger partial charge in [-0.3, -0.25) is 9.89 Å². The van der Waals surface area contributed by atoms with Crippen LogP contribution in [0.2, 0.25) is 0 Å². The van der Waals surface area contributed by atoms with Crippen LogP contribution in [0.15, 0.2) is 36.4 Å². The maximum absolute atomic E-state index is 12.3. The van der Waals surface area contributed by atoms with Crippen molar-refractivity contribution in [3.63, 3.8) is 0 Å². The molecule has 0 spiro atoms. The molecule has 2 atom stereocenters. The first-order valence-corrected chi connectivity index (χ1v) is 7.36. The van der Waals surface area contributed by atoms with Crippen molar-refractivity contribution in [3.8, 4) is 11.3 Å². The number of piperidine rings is 1. The molecule has 1 aliphatic rings. The van der Waals surface area contributed by atoms with Crippen LogP contribution in [-0.2, 0) is 0 Å². The number of benzene rings is 1. The van der Waals surface area contributed by atoms with Crippen molar-refractivity contribution in [2.75, 3.05) is 13.1 Å². The fourth-order valence-electron chi connectivity index (χ4n) is 2.62. The van der Waals surface area contributed by atoms with Crippen molar-refractivity contribution in [2.24, 2.45) is 5.92 Å². The molecule has 5 heteroatoms. The van der Waals surface area contributed by atoms with Crippen LogP contribution >= 0.6 is 0 Å². The van der Waals surface area contributed by atoms with Gasteiger partial charge in [-0.05, 0) is 24.9 Å². The predicted octanol–water partition coefficient (Wildman–Crippen LogP) is 1.80. The van der Waals surface area contributed by atoms with E-state index in [0.29, 0.717) is 11.6 Å². The van der Waals surface area contributed by atoms with E-state index < -0.39 is 0 Å². The molecule has 3 rings (SSSR count). The smallest absolute Gasteiger partial charge is 0.269 e. The van der Waals surface area contributed by atoms with Crippen LogP contribution < -0.4 is 10.6 Å². The van der Waals surface area contributed by atoms with Crippen LogP contribution in [0, 0.1) is 5.92 Å². The summed E-state index contributed by atoms with van der Waals surface area (Å²) in [6.07, 6.45) is 1.09. The van der Waals surface area contributed by atoms with Crippen LogP contribution in [0.25, 0.3) is 11.3 Å². The summed E-state index contributed by atoms with van der Waals surface area (Å²) in [5.74, 6) is 0.400. The average molecular weight is 284 g/mol. The molecule has 1 aromatic heterocycles. The summed E-state index contributed by atoms with van der Waals surface area (Å²) >= 11 is 0. The van der Waals surface area contributed by atoms with E-state index in [0.717, 1.165) is 30.8 Å². The Labute approximate surface area is 124 Å². The zero-order valence-electron chi connectivity index (χ0n) is 12.1. The Balaban J connectivity index is 1.69. The second kappa shape index (κ2) is 6.10. The van der Waals surface area contributed by atoms with Crippen LogP contribution in [-0.4, -0.2) is 35.2 Å². The highest BCUT2D eigenvalue weighted by molar-refractivity contribution is 5.93. The lowest BCUT2D eigenvalue weighted by Gasteiger charge is -2.29.